The maximum absolute atomic E-state index is 14.0. The van der Waals surface area contributed by atoms with Crippen LogP contribution < -0.4 is 0 Å². The van der Waals surface area contributed by atoms with Crippen molar-refractivity contribution in [2.24, 2.45) is 0 Å². The first kappa shape index (κ1) is 11.7. The third-order valence-corrected chi connectivity index (χ3v) is 2.72. The Kier molecular flexibility index (Phi) is 3.19. The van der Waals surface area contributed by atoms with E-state index in [2.05, 4.69) is 10.2 Å². The van der Waals surface area contributed by atoms with Crippen LogP contribution in [0.2, 0.25) is 0 Å². The van der Waals surface area contributed by atoms with Crippen molar-refractivity contribution in [2.45, 2.75) is 27.0 Å². The Morgan fingerprint density at radius 1 is 1.35 bits per heavy atom. The zero-order valence-corrected chi connectivity index (χ0v) is 9.81. The molecule has 0 fully saturated rings. The zero-order valence-electron chi connectivity index (χ0n) is 9.81. The predicted octanol–water partition coefficient (Wildman–Crippen LogP) is 1.90. The number of halogens is 1. The summed E-state index contributed by atoms with van der Waals surface area (Å²) in [5, 5.41) is 16.9. The second kappa shape index (κ2) is 4.63. The lowest BCUT2D eigenvalue weighted by molar-refractivity contribution is 0.265. The van der Waals surface area contributed by atoms with Crippen LogP contribution in [0.5, 0.6) is 0 Å². The molecule has 4 nitrogen and oxygen atoms in total. The summed E-state index contributed by atoms with van der Waals surface area (Å²) in [7, 11) is 0. The molecule has 1 heterocycles. The van der Waals surface area contributed by atoms with Crippen molar-refractivity contribution in [3.63, 3.8) is 0 Å². The molecule has 17 heavy (non-hydrogen) atoms. The Morgan fingerprint density at radius 3 is 2.76 bits per heavy atom. The van der Waals surface area contributed by atoms with Gasteiger partial charge in [-0.15, -0.1) is 10.2 Å². The lowest BCUT2D eigenvalue weighted by Crippen LogP contribution is -2.04. The summed E-state index contributed by atoms with van der Waals surface area (Å²) >= 11 is 0. The highest BCUT2D eigenvalue weighted by Crippen LogP contribution is 2.23. The molecule has 1 aromatic heterocycles. The first-order valence-corrected chi connectivity index (χ1v) is 5.47. The molecule has 5 heteroatoms. The molecule has 0 saturated carbocycles. The Morgan fingerprint density at radius 2 is 2.12 bits per heavy atom. The van der Waals surface area contributed by atoms with Gasteiger partial charge in [-0.3, -0.25) is 0 Å². The number of hydrogen-bond acceptors (Lipinski definition) is 3. The number of benzene rings is 1. The van der Waals surface area contributed by atoms with E-state index in [1.165, 1.54) is 0 Å². The van der Waals surface area contributed by atoms with Gasteiger partial charge in [0.25, 0.3) is 0 Å². The average molecular weight is 235 g/mol. The maximum Gasteiger partial charge on any atom is 0.166 e. The summed E-state index contributed by atoms with van der Waals surface area (Å²) in [5.41, 5.74) is 0.984. The second-order valence-electron chi connectivity index (χ2n) is 3.78. The zero-order chi connectivity index (χ0) is 12.4. The number of aryl methyl sites for hydroxylation is 1. The van der Waals surface area contributed by atoms with Crippen molar-refractivity contribution in [1.29, 1.82) is 0 Å². The van der Waals surface area contributed by atoms with Crippen LogP contribution >= 0.6 is 0 Å². The summed E-state index contributed by atoms with van der Waals surface area (Å²) in [5.74, 6) is 0.611. The van der Waals surface area contributed by atoms with Crippen molar-refractivity contribution >= 4 is 0 Å². The number of hydrogen-bond donors (Lipinski definition) is 1. The van der Waals surface area contributed by atoms with Crippen molar-refractivity contribution in [3.8, 4) is 11.4 Å². The molecule has 0 spiro atoms. The Bertz CT molecular complexity index is 537. The highest BCUT2D eigenvalue weighted by atomic mass is 19.1. The minimum atomic E-state index is -0.293. The molecule has 2 rings (SSSR count). The minimum Gasteiger partial charge on any atom is -0.388 e. The summed E-state index contributed by atoms with van der Waals surface area (Å²) in [6.45, 7) is 4.00. The van der Waals surface area contributed by atoms with Crippen LogP contribution in [-0.2, 0) is 13.2 Å². The topological polar surface area (TPSA) is 50.9 Å². The van der Waals surface area contributed by atoms with Crippen molar-refractivity contribution in [3.05, 3.63) is 35.4 Å². The summed E-state index contributed by atoms with van der Waals surface area (Å²) in [4.78, 5) is 0. The molecule has 1 N–H and O–H groups in total. The van der Waals surface area contributed by atoms with Gasteiger partial charge in [0.15, 0.2) is 11.6 Å². The van der Waals surface area contributed by atoms with Crippen molar-refractivity contribution in [1.82, 2.24) is 14.8 Å². The van der Waals surface area contributed by atoms with Gasteiger partial charge in [-0.25, -0.2) is 4.39 Å². The summed E-state index contributed by atoms with van der Waals surface area (Å²) in [6.07, 6.45) is 0. The molecule has 0 saturated heterocycles. The molecule has 90 valence electrons. The molecule has 1 aromatic carbocycles. The van der Waals surface area contributed by atoms with E-state index in [1.807, 2.05) is 6.92 Å². The molecule has 0 amide bonds. The Balaban J connectivity index is 2.60. The van der Waals surface area contributed by atoms with E-state index in [0.717, 1.165) is 0 Å². The van der Waals surface area contributed by atoms with E-state index >= 15 is 0 Å². The fraction of sp³-hybridized carbons (Fsp3) is 0.333. The van der Waals surface area contributed by atoms with Gasteiger partial charge in [0, 0.05) is 6.54 Å². The van der Waals surface area contributed by atoms with Gasteiger partial charge in [0.05, 0.1) is 5.56 Å². The molecule has 0 unspecified atom stereocenters. The van der Waals surface area contributed by atoms with Crippen LogP contribution in [0.15, 0.2) is 18.2 Å². The highest BCUT2D eigenvalue weighted by molar-refractivity contribution is 5.57. The number of nitrogens with zero attached hydrogens (tertiary/aromatic N) is 3. The molecule has 0 aliphatic carbocycles. The van der Waals surface area contributed by atoms with E-state index in [-0.39, 0.29) is 12.4 Å². The van der Waals surface area contributed by atoms with Crippen LogP contribution in [0.25, 0.3) is 11.4 Å². The molecule has 0 aliphatic rings. The first-order chi connectivity index (χ1) is 8.19. The lowest BCUT2D eigenvalue weighted by atomic mass is 10.1. The van der Waals surface area contributed by atoms with Crippen LogP contribution in [0.1, 0.15) is 18.3 Å². The van der Waals surface area contributed by atoms with Gasteiger partial charge < -0.3 is 9.67 Å². The summed E-state index contributed by atoms with van der Waals surface area (Å²) in [6, 6.07) is 5.15. The molecular formula is C12H14FN3O. The highest BCUT2D eigenvalue weighted by Gasteiger charge is 2.16. The van der Waals surface area contributed by atoms with E-state index in [4.69, 9.17) is 5.11 Å². The normalized spacial score (nSPS) is 10.8. The molecular weight excluding hydrogens is 221 g/mol. The average Bonchev–Trinajstić information content (AvgIpc) is 2.75. The predicted molar refractivity (Wildman–Crippen MR) is 61.7 cm³/mol. The van der Waals surface area contributed by atoms with Gasteiger partial charge in [0.2, 0.25) is 0 Å². The van der Waals surface area contributed by atoms with Crippen molar-refractivity contribution in [2.75, 3.05) is 0 Å². The van der Waals surface area contributed by atoms with Gasteiger partial charge in [-0.05, 0) is 25.5 Å². The third-order valence-electron chi connectivity index (χ3n) is 2.72. The first-order valence-electron chi connectivity index (χ1n) is 5.47. The van der Waals surface area contributed by atoms with Gasteiger partial charge in [-0.1, -0.05) is 12.1 Å². The van der Waals surface area contributed by atoms with Crippen LogP contribution in [0, 0.1) is 12.7 Å². The Labute approximate surface area is 98.7 Å². The van der Waals surface area contributed by atoms with Crippen molar-refractivity contribution < 1.29 is 9.50 Å². The lowest BCUT2D eigenvalue weighted by Gasteiger charge is -2.08. The van der Waals surface area contributed by atoms with Gasteiger partial charge >= 0.3 is 0 Å². The van der Waals surface area contributed by atoms with E-state index in [1.54, 1.807) is 29.7 Å². The molecule has 2 aromatic rings. The summed E-state index contributed by atoms with van der Waals surface area (Å²) < 4.78 is 15.7. The molecule has 0 aliphatic heterocycles. The molecule has 0 radical (unpaired) electrons. The SMILES string of the molecule is CCn1c(CO)nnc1-c1cccc(C)c1F. The van der Waals surface area contributed by atoms with Gasteiger partial charge in [0.1, 0.15) is 12.4 Å². The fourth-order valence-corrected chi connectivity index (χ4v) is 1.80. The quantitative estimate of drug-likeness (QED) is 0.884. The van der Waals surface area contributed by atoms with E-state index in [0.29, 0.717) is 29.3 Å². The minimum absolute atomic E-state index is 0.200. The largest absolute Gasteiger partial charge is 0.388 e. The smallest absolute Gasteiger partial charge is 0.166 e. The number of aliphatic hydroxyl groups is 1. The fourth-order valence-electron chi connectivity index (χ4n) is 1.80. The van der Waals surface area contributed by atoms with Gasteiger partial charge in [-0.2, -0.15) is 0 Å². The van der Waals surface area contributed by atoms with E-state index in [9.17, 15) is 4.39 Å². The third kappa shape index (κ3) is 1.93. The molecule has 0 atom stereocenters. The second-order valence-corrected chi connectivity index (χ2v) is 3.78. The van der Waals surface area contributed by atoms with Crippen LogP contribution in [0.4, 0.5) is 4.39 Å². The van der Waals surface area contributed by atoms with E-state index < -0.39 is 0 Å². The number of rotatable bonds is 3. The maximum atomic E-state index is 14.0. The molecule has 0 bridgehead atoms. The number of aliphatic hydroxyl groups excluding tert-OH is 1. The standard InChI is InChI=1S/C12H14FN3O/c1-3-16-10(7-17)14-15-12(16)9-6-4-5-8(2)11(9)13/h4-6,17H,3,7H2,1-2H3. The monoisotopic (exact) mass is 235 g/mol. The number of aromatic nitrogens is 3. The van der Waals surface area contributed by atoms with Crippen LogP contribution in [0.3, 0.4) is 0 Å². The Hall–Kier alpha value is -1.75. The van der Waals surface area contributed by atoms with Crippen LogP contribution in [-0.4, -0.2) is 19.9 Å².